The van der Waals surface area contributed by atoms with E-state index in [9.17, 15) is 0 Å². The number of aromatic nitrogens is 5. The monoisotopic (exact) mass is 473 g/mol. The molecule has 4 aromatic rings. The molecule has 4 rings (SSSR count). The van der Waals surface area contributed by atoms with E-state index < -0.39 is 0 Å². The van der Waals surface area contributed by atoms with Crippen molar-refractivity contribution in [2.75, 3.05) is 0 Å². The Balaban J connectivity index is 1.98. The molecule has 2 aromatic heterocycles. The van der Waals surface area contributed by atoms with E-state index >= 15 is 0 Å². The molecule has 0 atom stereocenters. The minimum Gasteiger partial charge on any atom is -0.249 e. The highest BCUT2D eigenvalue weighted by atomic mass is 35.5. The Bertz CT molecular complexity index is 1240. The summed E-state index contributed by atoms with van der Waals surface area (Å²) in [7, 11) is 0. The molecule has 5 nitrogen and oxygen atoms in total. The maximum absolute atomic E-state index is 6.55. The molecular weight excluding hydrogens is 453 g/mol. The van der Waals surface area contributed by atoms with Crippen LogP contribution in [0.3, 0.4) is 0 Å². The van der Waals surface area contributed by atoms with Crippen LogP contribution in [0.4, 0.5) is 0 Å². The van der Waals surface area contributed by atoms with Crippen molar-refractivity contribution in [1.82, 2.24) is 24.5 Å². The van der Waals surface area contributed by atoms with Crippen molar-refractivity contribution in [3.05, 3.63) is 68.9 Å². The Morgan fingerprint density at radius 3 is 2.19 bits per heavy atom. The van der Waals surface area contributed by atoms with Crippen LogP contribution in [0.2, 0.25) is 15.1 Å². The van der Waals surface area contributed by atoms with Crippen molar-refractivity contribution in [1.29, 1.82) is 0 Å². The van der Waals surface area contributed by atoms with Gasteiger partial charge in [-0.15, -0.1) is 5.10 Å². The SMILES string of the molecule is CCn1nc(-c2nn(-c3ccc(Cl)cc3Cl)c(-c3ccc(Cl)cc3)c2C)nc1C(C)C. The van der Waals surface area contributed by atoms with Gasteiger partial charge in [0.2, 0.25) is 5.82 Å². The summed E-state index contributed by atoms with van der Waals surface area (Å²) in [5, 5.41) is 11.4. The molecule has 0 spiro atoms. The Labute approximate surface area is 196 Å². The Morgan fingerprint density at radius 2 is 1.61 bits per heavy atom. The first-order valence-electron chi connectivity index (χ1n) is 10.1. The smallest absolute Gasteiger partial charge is 0.202 e. The van der Waals surface area contributed by atoms with Crippen LogP contribution < -0.4 is 0 Å². The molecule has 0 radical (unpaired) electrons. The second-order valence-corrected chi connectivity index (χ2v) is 8.88. The molecule has 0 N–H and O–H groups in total. The van der Waals surface area contributed by atoms with Gasteiger partial charge in [0.1, 0.15) is 11.5 Å². The van der Waals surface area contributed by atoms with Crippen LogP contribution in [-0.4, -0.2) is 24.5 Å². The normalized spacial score (nSPS) is 11.5. The van der Waals surface area contributed by atoms with E-state index in [1.165, 1.54) is 0 Å². The van der Waals surface area contributed by atoms with Crippen molar-refractivity contribution in [3.63, 3.8) is 0 Å². The van der Waals surface area contributed by atoms with Crippen LogP contribution in [0.25, 0.3) is 28.5 Å². The fourth-order valence-electron chi connectivity index (χ4n) is 3.60. The van der Waals surface area contributed by atoms with Crippen molar-refractivity contribution in [2.45, 2.75) is 40.2 Å². The van der Waals surface area contributed by atoms with Crippen LogP contribution in [0.5, 0.6) is 0 Å². The molecule has 0 bridgehead atoms. The Hall–Kier alpha value is -2.34. The number of aryl methyl sites for hydroxylation is 1. The summed E-state index contributed by atoms with van der Waals surface area (Å²) in [6.07, 6.45) is 0. The van der Waals surface area contributed by atoms with Gasteiger partial charge in [0.15, 0.2) is 0 Å². The zero-order valence-electron chi connectivity index (χ0n) is 17.7. The van der Waals surface area contributed by atoms with Gasteiger partial charge in [0.25, 0.3) is 0 Å². The van der Waals surface area contributed by atoms with E-state index in [4.69, 9.17) is 50.0 Å². The van der Waals surface area contributed by atoms with Crippen LogP contribution in [-0.2, 0) is 6.54 Å². The predicted molar refractivity (Wildman–Crippen MR) is 128 cm³/mol. The standard InChI is InChI=1S/C23H22Cl3N5/c1-5-30-23(13(2)3)27-22(29-30)20-14(4)21(15-6-8-16(24)9-7-15)31(28-20)19-11-10-17(25)12-18(19)26/h6-13H,5H2,1-4H3. The predicted octanol–water partition coefficient (Wildman–Crippen LogP) is 7.21. The summed E-state index contributed by atoms with van der Waals surface area (Å²) in [5.41, 5.74) is 4.26. The summed E-state index contributed by atoms with van der Waals surface area (Å²) in [4.78, 5) is 4.80. The molecule has 0 saturated carbocycles. The zero-order valence-corrected chi connectivity index (χ0v) is 20.0. The van der Waals surface area contributed by atoms with Crippen LogP contribution in [0, 0.1) is 6.92 Å². The molecule has 0 amide bonds. The largest absolute Gasteiger partial charge is 0.249 e. The first kappa shape index (κ1) is 21.9. The zero-order chi connectivity index (χ0) is 22.3. The highest BCUT2D eigenvalue weighted by molar-refractivity contribution is 6.35. The van der Waals surface area contributed by atoms with Gasteiger partial charge in [-0.05, 0) is 44.2 Å². The molecule has 2 aromatic carbocycles. The summed E-state index contributed by atoms with van der Waals surface area (Å²) in [5.74, 6) is 1.79. The van der Waals surface area contributed by atoms with E-state index in [0.29, 0.717) is 26.6 Å². The highest BCUT2D eigenvalue weighted by Crippen LogP contribution is 2.36. The molecule has 8 heteroatoms. The van der Waals surface area contributed by atoms with Crippen molar-refractivity contribution < 1.29 is 0 Å². The molecule has 160 valence electrons. The van der Waals surface area contributed by atoms with Crippen molar-refractivity contribution in [2.24, 2.45) is 0 Å². The Morgan fingerprint density at radius 1 is 0.935 bits per heavy atom. The van der Waals surface area contributed by atoms with E-state index in [0.717, 1.165) is 34.9 Å². The van der Waals surface area contributed by atoms with E-state index in [2.05, 4.69) is 20.8 Å². The van der Waals surface area contributed by atoms with E-state index in [-0.39, 0.29) is 5.92 Å². The molecule has 0 saturated heterocycles. The second kappa shape index (κ2) is 8.65. The molecule has 31 heavy (non-hydrogen) atoms. The second-order valence-electron chi connectivity index (χ2n) is 7.60. The first-order valence-corrected chi connectivity index (χ1v) is 11.2. The van der Waals surface area contributed by atoms with Gasteiger partial charge in [-0.1, -0.05) is 60.8 Å². The number of nitrogens with zero attached hydrogens (tertiary/aromatic N) is 5. The molecule has 0 unspecified atom stereocenters. The molecule has 0 aliphatic heterocycles. The maximum Gasteiger partial charge on any atom is 0.202 e. The summed E-state index contributed by atoms with van der Waals surface area (Å²) in [6, 6.07) is 13.0. The van der Waals surface area contributed by atoms with Gasteiger partial charge >= 0.3 is 0 Å². The fraction of sp³-hybridized carbons (Fsp3) is 0.261. The molecule has 0 aliphatic rings. The summed E-state index contributed by atoms with van der Waals surface area (Å²) in [6.45, 7) is 9.04. The third kappa shape index (κ3) is 4.10. The lowest BCUT2D eigenvalue weighted by Gasteiger charge is -2.11. The molecular formula is C23H22Cl3N5. The minimum atomic E-state index is 0.255. The number of hydrogen-bond donors (Lipinski definition) is 0. The fourth-order valence-corrected chi connectivity index (χ4v) is 4.21. The third-order valence-corrected chi connectivity index (χ3v) is 5.90. The van der Waals surface area contributed by atoms with Gasteiger partial charge < -0.3 is 0 Å². The maximum atomic E-state index is 6.55. The van der Waals surface area contributed by atoms with Gasteiger partial charge in [-0.25, -0.2) is 14.3 Å². The highest BCUT2D eigenvalue weighted by Gasteiger charge is 2.24. The quantitative estimate of drug-likeness (QED) is 0.307. The van der Waals surface area contributed by atoms with Gasteiger partial charge in [0, 0.05) is 33.6 Å². The summed E-state index contributed by atoms with van der Waals surface area (Å²) < 4.78 is 3.75. The van der Waals surface area contributed by atoms with Gasteiger partial charge in [0.05, 0.1) is 16.4 Å². The average molecular weight is 475 g/mol. The van der Waals surface area contributed by atoms with Gasteiger partial charge in [-0.3, -0.25) is 0 Å². The van der Waals surface area contributed by atoms with Crippen LogP contribution >= 0.6 is 34.8 Å². The topological polar surface area (TPSA) is 48.5 Å². The molecule has 0 fully saturated rings. The van der Waals surface area contributed by atoms with Gasteiger partial charge in [-0.2, -0.15) is 5.10 Å². The van der Waals surface area contributed by atoms with E-state index in [1.807, 2.05) is 46.6 Å². The van der Waals surface area contributed by atoms with Crippen molar-refractivity contribution >= 4 is 34.8 Å². The average Bonchev–Trinajstić information content (AvgIpc) is 3.30. The number of rotatable bonds is 5. The van der Waals surface area contributed by atoms with Crippen LogP contribution in [0.1, 0.15) is 38.1 Å². The number of halogens is 3. The first-order chi connectivity index (χ1) is 14.8. The van der Waals surface area contributed by atoms with Crippen molar-refractivity contribution in [3.8, 4) is 28.5 Å². The minimum absolute atomic E-state index is 0.255. The number of hydrogen-bond acceptors (Lipinski definition) is 3. The Kier molecular flexibility index (Phi) is 6.11. The molecule has 0 aliphatic carbocycles. The lowest BCUT2D eigenvalue weighted by molar-refractivity contribution is 0.589. The summed E-state index contributed by atoms with van der Waals surface area (Å²) >= 11 is 18.8. The number of benzene rings is 2. The third-order valence-electron chi connectivity index (χ3n) is 5.11. The molecule has 2 heterocycles. The van der Waals surface area contributed by atoms with Crippen LogP contribution in [0.15, 0.2) is 42.5 Å². The van der Waals surface area contributed by atoms with E-state index in [1.54, 1.807) is 12.1 Å². The lowest BCUT2D eigenvalue weighted by Crippen LogP contribution is -2.04. The lowest BCUT2D eigenvalue weighted by atomic mass is 10.1.